The third-order valence-corrected chi connectivity index (χ3v) is 8.72. The predicted octanol–water partition coefficient (Wildman–Crippen LogP) is 4.11. The van der Waals surface area contributed by atoms with E-state index in [1.165, 1.54) is 24.3 Å². The van der Waals surface area contributed by atoms with Gasteiger partial charge in [0.25, 0.3) is 17.5 Å². The molecule has 1 aliphatic rings. The van der Waals surface area contributed by atoms with E-state index >= 15 is 0 Å². The van der Waals surface area contributed by atoms with Gasteiger partial charge in [0, 0.05) is 30.8 Å². The zero-order chi connectivity index (χ0) is 42.2. The lowest BCUT2D eigenvalue weighted by Crippen LogP contribution is -2.54. The molecule has 0 aromatic heterocycles. The van der Waals surface area contributed by atoms with Gasteiger partial charge >= 0.3 is 12.2 Å². The van der Waals surface area contributed by atoms with E-state index in [-0.39, 0.29) is 73.4 Å². The number of imide groups is 1. The van der Waals surface area contributed by atoms with Gasteiger partial charge in [-0.3, -0.25) is 38.9 Å². The number of nitro groups is 1. The summed E-state index contributed by atoms with van der Waals surface area (Å²) in [5.74, 6) is -2.88. The summed E-state index contributed by atoms with van der Waals surface area (Å²) >= 11 is 0. The zero-order valence-electron chi connectivity index (χ0n) is 31.9. The summed E-state index contributed by atoms with van der Waals surface area (Å²) < 4.78 is 10.1. The molecule has 19 nitrogen and oxygen atoms in total. The fourth-order valence-electron chi connectivity index (χ4n) is 5.65. The highest BCUT2D eigenvalue weighted by Gasteiger charge is 2.36. The molecule has 308 valence electrons. The number of rotatable bonds is 21. The number of nitrogens with two attached hydrogens (primary N) is 1. The number of nitrogens with zero attached hydrogens (tertiary/aromatic N) is 2. The number of carbonyl (C=O) groups excluding carboxylic acids is 7. The van der Waals surface area contributed by atoms with Crippen molar-refractivity contribution in [2.45, 2.75) is 71.1 Å². The zero-order valence-corrected chi connectivity index (χ0v) is 31.9. The van der Waals surface area contributed by atoms with Crippen LogP contribution in [0.5, 0.6) is 5.75 Å². The molecule has 0 saturated heterocycles. The number of carbonyl (C=O) groups is 7. The molecule has 0 aliphatic carbocycles. The SMILES string of the molecule is CC(C)[C@H](NC(=O)CCCCCON1C(=O)c2ccccc2C1=O)C(=O)N[C@@H](CCCNC(N)=O)C(=O)Nc1ccc(COC(=O)Oc2ccc([N+](=O)[O-])cc2)cc1. The minimum Gasteiger partial charge on any atom is -0.429 e. The molecular weight excluding hydrogens is 758 g/mol. The molecule has 58 heavy (non-hydrogen) atoms. The van der Waals surface area contributed by atoms with E-state index < -0.39 is 52.8 Å². The first kappa shape index (κ1) is 43.8. The Morgan fingerprint density at radius 1 is 0.828 bits per heavy atom. The summed E-state index contributed by atoms with van der Waals surface area (Å²) in [6, 6.07) is 14.8. The summed E-state index contributed by atoms with van der Waals surface area (Å²) in [6.07, 6.45) is 0.907. The number of unbranched alkanes of at least 4 members (excludes halogenated alkanes) is 2. The van der Waals surface area contributed by atoms with Gasteiger partial charge in [0.05, 0.1) is 22.7 Å². The highest BCUT2D eigenvalue weighted by Crippen LogP contribution is 2.23. The molecule has 2 atom stereocenters. The molecule has 0 fully saturated rings. The number of nitrogens with one attached hydrogen (secondary N) is 4. The van der Waals surface area contributed by atoms with Gasteiger partial charge in [-0.1, -0.05) is 44.5 Å². The van der Waals surface area contributed by atoms with E-state index in [2.05, 4.69) is 21.3 Å². The molecule has 0 unspecified atom stereocenters. The van der Waals surface area contributed by atoms with E-state index in [4.69, 9.17) is 20.0 Å². The third kappa shape index (κ3) is 13.1. The first-order valence-electron chi connectivity index (χ1n) is 18.5. The number of urea groups is 1. The highest BCUT2D eigenvalue weighted by molar-refractivity contribution is 6.20. The molecule has 6 N–H and O–H groups in total. The third-order valence-electron chi connectivity index (χ3n) is 8.72. The van der Waals surface area contributed by atoms with Gasteiger partial charge in [0.15, 0.2) is 0 Å². The number of fused-ring (bicyclic) bond motifs is 1. The number of hydrogen-bond donors (Lipinski definition) is 5. The van der Waals surface area contributed by atoms with Crippen molar-refractivity contribution in [2.75, 3.05) is 18.5 Å². The number of primary amides is 1. The van der Waals surface area contributed by atoms with Gasteiger partial charge in [-0.15, -0.1) is 5.06 Å². The molecule has 3 aromatic rings. The summed E-state index contributed by atoms with van der Waals surface area (Å²) in [7, 11) is 0. The summed E-state index contributed by atoms with van der Waals surface area (Å²) in [5.41, 5.74) is 6.45. The van der Waals surface area contributed by atoms with Gasteiger partial charge in [-0.05, 0) is 73.6 Å². The van der Waals surface area contributed by atoms with E-state index in [9.17, 15) is 43.7 Å². The molecule has 0 spiro atoms. The second kappa shape index (κ2) is 21.4. The predicted molar refractivity (Wildman–Crippen MR) is 206 cm³/mol. The fraction of sp³-hybridized carbons (Fsp3) is 0.359. The van der Waals surface area contributed by atoms with Crippen LogP contribution in [0.3, 0.4) is 0 Å². The van der Waals surface area contributed by atoms with E-state index in [1.54, 1.807) is 62.4 Å². The standard InChI is InChI=1S/C39H45N7O12/c1-24(2)33(44-32(47)12-4-3-7-22-57-45-36(50)29-9-5-6-10-30(29)37(45)51)35(49)43-31(11-8-21-41-38(40)52)34(48)42-26-15-13-25(14-16-26)23-56-39(53)58-28-19-17-27(18-20-28)46(54)55/h5-6,9-10,13-20,24,31,33H,3-4,7-8,11-12,21-23H2,1-2H3,(H,42,48)(H,43,49)(H,44,47)(H3,40,41,52)/t31-,33-/m0/s1. The minimum absolute atomic E-state index is 0.0579. The second-order valence-corrected chi connectivity index (χ2v) is 13.5. The lowest BCUT2D eigenvalue weighted by Gasteiger charge is -2.25. The topological polar surface area (TPSA) is 268 Å². The first-order valence-corrected chi connectivity index (χ1v) is 18.5. The van der Waals surface area contributed by atoms with Crippen molar-refractivity contribution >= 4 is 53.1 Å². The normalized spacial score (nSPS) is 12.9. The Morgan fingerprint density at radius 2 is 1.48 bits per heavy atom. The quantitative estimate of drug-likeness (QED) is 0.0254. The van der Waals surface area contributed by atoms with Crippen LogP contribution in [-0.4, -0.2) is 76.9 Å². The van der Waals surface area contributed by atoms with Crippen LogP contribution >= 0.6 is 0 Å². The van der Waals surface area contributed by atoms with Crippen LogP contribution < -0.4 is 31.7 Å². The molecule has 3 aromatic carbocycles. The maximum atomic E-state index is 13.5. The van der Waals surface area contributed by atoms with E-state index in [1.807, 2.05) is 0 Å². The van der Waals surface area contributed by atoms with Crippen molar-refractivity contribution < 1.29 is 52.8 Å². The van der Waals surface area contributed by atoms with Gasteiger partial charge in [0.2, 0.25) is 17.7 Å². The van der Waals surface area contributed by atoms with Crippen LogP contribution in [0.1, 0.15) is 78.7 Å². The number of amides is 7. The van der Waals surface area contributed by atoms with Crippen LogP contribution in [0.4, 0.5) is 21.0 Å². The largest absolute Gasteiger partial charge is 0.514 e. The Labute approximate surface area is 333 Å². The average Bonchev–Trinajstić information content (AvgIpc) is 3.43. The highest BCUT2D eigenvalue weighted by atomic mass is 16.7. The molecule has 1 heterocycles. The molecule has 4 rings (SSSR count). The molecule has 0 bridgehead atoms. The second-order valence-electron chi connectivity index (χ2n) is 13.5. The van der Waals surface area contributed by atoms with Gasteiger partial charge in [-0.25, -0.2) is 9.59 Å². The molecule has 19 heteroatoms. The van der Waals surface area contributed by atoms with Crippen LogP contribution in [-0.2, 0) is 30.6 Å². The van der Waals surface area contributed by atoms with Gasteiger partial charge in [0.1, 0.15) is 24.4 Å². The average molecular weight is 804 g/mol. The number of non-ortho nitro benzene ring substituents is 1. The van der Waals surface area contributed by atoms with Crippen LogP contribution in [0.2, 0.25) is 0 Å². The Morgan fingerprint density at radius 3 is 2.09 bits per heavy atom. The fourth-order valence-corrected chi connectivity index (χ4v) is 5.65. The lowest BCUT2D eigenvalue weighted by molar-refractivity contribution is -0.384. The Kier molecular flexibility index (Phi) is 16.2. The van der Waals surface area contributed by atoms with Crippen molar-refractivity contribution in [3.05, 3.63) is 99.6 Å². The smallest absolute Gasteiger partial charge is 0.429 e. The number of ether oxygens (including phenoxy) is 2. The maximum absolute atomic E-state index is 13.5. The number of anilines is 1. The molecular formula is C39H45N7O12. The van der Waals surface area contributed by atoms with Crippen molar-refractivity contribution in [1.29, 1.82) is 0 Å². The molecule has 7 amide bonds. The van der Waals surface area contributed by atoms with Crippen molar-refractivity contribution in [3.8, 4) is 5.75 Å². The summed E-state index contributed by atoms with van der Waals surface area (Å²) in [5, 5.41) is 22.2. The number of benzene rings is 3. The molecule has 0 saturated carbocycles. The maximum Gasteiger partial charge on any atom is 0.514 e. The van der Waals surface area contributed by atoms with E-state index in [0.717, 1.165) is 5.06 Å². The summed E-state index contributed by atoms with van der Waals surface area (Å²) in [4.78, 5) is 104. The number of hydrogen-bond acceptors (Lipinski definition) is 12. The Hall–Kier alpha value is -6.89. The van der Waals surface area contributed by atoms with Gasteiger partial charge < -0.3 is 36.5 Å². The van der Waals surface area contributed by atoms with Crippen LogP contribution in [0, 0.1) is 16.0 Å². The van der Waals surface area contributed by atoms with Crippen molar-refractivity contribution in [1.82, 2.24) is 21.0 Å². The van der Waals surface area contributed by atoms with Crippen LogP contribution in [0.15, 0.2) is 72.8 Å². The Balaban J connectivity index is 1.24. The Bertz CT molecular complexity index is 1940. The van der Waals surface area contributed by atoms with E-state index in [0.29, 0.717) is 30.5 Å². The molecule has 1 aliphatic heterocycles. The minimum atomic E-state index is -1.07. The number of nitro benzene ring substituents is 1. The number of hydroxylamine groups is 2. The first-order chi connectivity index (χ1) is 27.7. The molecule has 0 radical (unpaired) electrons. The van der Waals surface area contributed by atoms with Crippen molar-refractivity contribution in [3.63, 3.8) is 0 Å². The lowest BCUT2D eigenvalue weighted by atomic mass is 10.0. The van der Waals surface area contributed by atoms with Gasteiger partial charge in [-0.2, -0.15) is 0 Å². The monoisotopic (exact) mass is 803 g/mol. The van der Waals surface area contributed by atoms with Crippen LogP contribution in [0.25, 0.3) is 0 Å². The van der Waals surface area contributed by atoms with Crippen molar-refractivity contribution in [2.24, 2.45) is 11.7 Å². The summed E-state index contributed by atoms with van der Waals surface area (Å²) in [6.45, 7) is 3.54.